The number of hydrogen-bond acceptors (Lipinski definition) is 1. The minimum Gasteiger partial charge on any atom is -0.469 e. The quantitative estimate of drug-likeness (QED) is 0.475. The first-order chi connectivity index (χ1) is 4.00. The highest BCUT2D eigenvalue weighted by Crippen LogP contribution is 1.92. The first kappa shape index (κ1) is 12.0. The molecule has 0 aromatic carbocycles. The van der Waals surface area contributed by atoms with Crippen LogP contribution in [0.2, 0.25) is 5.28 Å². The molecule has 0 fully saturated rings. The van der Waals surface area contributed by atoms with Gasteiger partial charge in [0.2, 0.25) is 16.3 Å². The fraction of sp³-hybridized carbons (Fsp3) is 0.800. The van der Waals surface area contributed by atoms with Crippen LogP contribution in [-0.2, 0) is 0 Å². The predicted molar refractivity (Wildman–Crippen MR) is 42.1 cm³/mol. The zero-order valence-corrected chi connectivity index (χ0v) is 8.77. The van der Waals surface area contributed by atoms with Gasteiger partial charge < -0.3 is 5.11 Å². The molecule has 0 amide bonds. The second-order valence-electron chi connectivity index (χ2n) is 2.06. The van der Waals surface area contributed by atoms with Gasteiger partial charge in [-0.2, -0.15) is 0 Å². The third kappa shape index (κ3) is 62.5. The SMILES string of the molecule is CC(C)[CH2][AlH2].O=C(O)Cl. The number of carbonyl (C=O) groups is 1. The first-order valence-corrected chi connectivity index (χ1v) is 4.68. The topological polar surface area (TPSA) is 37.3 Å². The maximum atomic E-state index is 8.77. The van der Waals surface area contributed by atoms with E-state index in [1.54, 1.807) is 0 Å². The van der Waals surface area contributed by atoms with Crippen molar-refractivity contribution >= 4 is 33.3 Å². The van der Waals surface area contributed by atoms with Crippen LogP contribution in [-0.4, -0.2) is 26.8 Å². The summed E-state index contributed by atoms with van der Waals surface area (Å²) in [5, 5.41) is 8.63. The summed E-state index contributed by atoms with van der Waals surface area (Å²) in [6.07, 6.45) is 0. The van der Waals surface area contributed by atoms with Gasteiger partial charge in [-0.05, 0) is 0 Å². The van der Waals surface area contributed by atoms with Crippen molar-refractivity contribution in [3.05, 3.63) is 0 Å². The molecule has 54 valence electrons. The minimum atomic E-state index is -1.36. The molecular weight excluding hydrogens is 154 g/mol. The Hall–Kier alpha value is 0.292. The average Bonchev–Trinajstić information content (AvgIpc) is 1.65. The molecule has 0 spiro atoms. The van der Waals surface area contributed by atoms with Gasteiger partial charge in [-0.1, -0.05) is 25.0 Å². The molecule has 0 saturated carbocycles. The monoisotopic (exact) mass is 166 g/mol. The molecule has 0 aromatic heterocycles. The maximum Gasteiger partial charge on any atom is 0.401 e. The zero-order chi connectivity index (χ0) is 7.86. The molecule has 0 rings (SSSR count). The van der Waals surface area contributed by atoms with Gasteiger partial charge in [0.25, 0.3) is 0 Å². The Morgan fingerprint density at radius 3 is 1.89 bits per heavy atom. The summed E-state index contributed by atoms with van der Waals surface area (Å²) < 4.78 is 0. The van der Waals surface area contributed by atoms with Crippen LogP contribution in [0.3, 0.4) is 0 Å². The van der Waals surface area contributed by atoms with Gasteiger partial charge in [0, 0.05) is 11.6 Å². The molecule has 0 aliphatic rings. The van der Waals surface area contributed by atoms with E-state index in [1.807, 2.05) is 0 Å². The molecule has 0 saturated heterocycles. The Morgan fingerprint density at radius 1 is 1.78 bits per heavy atom. The predicted octanol–water partition coefficient (Wildman–Crippen LogP) is 1.60. The van der Waals surface area contributed by atoms with Gasteiger partial charge >= 0.3 is 5.43 Å². The van der Waals surface area contributed by atoms with Crippen LogP contribution in [0.25, 0.3) is 0 Å². The lowest BCUT2D eigenvalue weighted by Gasteiger charge is -1.90. The van der Waals surface area contributed by atoms with Crippen molar-refractivity contribution in [3.8, 4) is 0 Å². The minimum absolute atomic E-state index is 0.946. The molecule has 0 aliphatic heterocycles. The van der Waals surface area contributed by atoms with Crippen LogP contribution in [0.4, 0.5) is 4.79 Å². The molecule has 0 unspecified atom stereocenters. The third-order valence-electron chi connectivity index (χ3n) is 0.816. The van der Waals surface area contributed by atoms with Crippen LogP contribution in [0, 0.1) is 5.92 Å². The smallest absolute Gasteiger partial charge is 0.401 e. The molecule has 0 bridgehead atoms. The number of carboxylic acid groups (broad SMARTS) is 1. The molecule has 0 aromatic rings. The van der Waals surface area contributed by atoms with Crippen molar-refractivity contribution in [2.75, 3.05) is 0 Å². The van der Waals surface area contributed by atoms with Crippen LogP contribution in [0.15, 0.2) is 0 Å². The highest BCUT2D eigenvalue weighted by molar-refractivity contribution is 6.60. The second-order valence-corrected chi connectivity index (χ2v) is 3.19. The van der Waals surface area contributed by atoms with Crippen LogP contribution in [0.5, 0.6) is 0 Å². The molecule has 4 heteroatoms. The first-order valence-electron chi connectivity index (χ1n) is 2.89. The Balaban J connectivity index is 0. The molecule has 0 radical (unpaired) electrons. The van der Waals surface area contributed by atoms with Crippen molar-refractivity contribution in [2.45, 2.75) is 19.1 Å². The molecule has 1 N–H and O–H groups in total. The van der Waals surface area contributed by atoms with Gasteiger partial charge in [-0.15, -0.1) is 0 Å². The van der Waals surface area contributed by atoms with Crippen molar-refractivity contribution in [2.24, 2.45) is 5.92 Å². The normalized spacial score (nSPS) is 8.00. The van der Waals surface area contributed by atoms with Crippen molar-refractivity contribution < 1.29 is 9.90 Å². The van der Waals surface area contributed by atoms with Crippen LogP contribution < -0.4 is 0 Å². The number of rotatable bonds is 1. The summed E-state index contributed by atoms with van der Waals surface area (Å²) in [5.41, 5.74) is -1.36. The largest absolute Gasteiger partial charge is 0.469 e. The standard InChI is InChI=1S/C4H9.CHClO2.Al.2H/c1-4(2)3;2-1(3)4;;;/h4H,1H2,2-3H3;(H,3,4);;;. The maximum absolute atomic E-state index is 8.77. The zero-order valence-electron chi connectivity index (χ0n) is 6.02. The summed E-state index contributed by atoms with van der Waals surface area (Å²) >= 11 is 5.56. The van der Waals surface area contributed by atoms with Gasteiger partial charge in [0.1, 0.15) is 0 Å². The van der Waals surface area contributed by atoms with Gasteiger partial charge in [0.05, 0.1) is 0 Å². The average molecular weight is 167 g/mol. The summed E-state index contributed by atoms with van der Waals surface area (Å²) in [5.74, 6) is 0.946. The van der Waals surface area contributed by atoms with E-state index in [0.717, 1.165) is 5.92 Å². The molecule has 0 aliphatic carbocycles. The lowest BCUT2D eigenvalue weighted by atomic mass is 10.3. The third-order valence-corrected chi connectivity index (χ3v) is 2.45. The number of hydrogen-bond donors (Lipinski definition) is 1. The van der Waals surface area contributed by atoms with E-state index < -0.39 is 5.43 Å². The van der Waals surface area contributed by atoms with E-state index in [0.29, 0.717) is 0 Å². The Kier molecular flexibility index (Phi) is 11.1. The Bertz CT molecular complexity index is 71.4. The van der Waals surface area contributed by atoms with E-state index in [9.17, 15) is 0 Å². The molecular formula is C5H12AlClO2. The van der Waals surface area contributed by atoms with Crippen molar-refractivity contribution in [1.82, 2.24) is 0 Å². The van der Waals surface area contributed by atoms with E-state index in [4.69, 9.17) is 9.90 Å². The molecule has 9 heavy (non-hydrogen) atoms. The second kappa shape index (κ2) is 8.29. The lowest BCUT2D eigenvalue weighted by Crippen LogP contribution is -1.80. The lowest BCUT2D eigenvalue weighted by molar-refractivity contribution is 0.220. The molecule has 2 nitrogen and oxygen atoms in total. The highest BCUT2D eigenvalue weighted by atomic mass is 35.5. The van der Waals surface area contributed by atoms with Gasteiger partial charge in [0.15, 0.2) is 0 Å². The Morgan fingerprint density at radius 2 is 1.89 bits per heavy atom. The van der Waals surface area contributed by atoms with E-state index in [2.05, 4.69) is 25.4 Å². The van der Waals surface area contributed by atoms with Crippen molar-refractivity contribution in [1.29, 1.82) is 0 Å². The highest BCUT2D eigenvalue weighted by Gasteiger charge is 1.80. The molecule has 0 heterocycles. The molecule has 0 atom stereocenters. The fourth-order valence-corrected chi connectivity index (χ4v) is 0. The van der Waals surface area contributed by atoms with Gasteiger partial charge in [-0.25, -0.2) is 4.79 Å². The van der Waals surface area contributed by atoms with Crippen molar-refractivity contribution in [3.63, 3.8) is 0 Å². The summed E-state index contributed by atoms with van der Waals surface area (Å²) in [6.45, 7) is 4.51. The van der Waals surface area contributed by atoms with Crippen LogP contribution in [0.1, 0.15) is 13.8 Å². The fourth-order valence-electron chi connectivity index (χ4n) is 0. The Labute approximate surface area is 68.6 Å². The van der Waals surface area contributed by atoms with E-state index in [-0.39, 0.29) is 0 Å². The summed E-state index contributed by atoms with van der Waals surface area (Å²) in [4.78, 5) is 8.77. The summed E-state index contributed by atoms with van der Waals surface area (Å²) in [6, 6.07) is 0. The van der Waals surface area contributed by atoms with Gasteiger partial charge in [-0.3, -0.25) is 0 Å². The number of halogens is 1. The summed E-state index contributed by atoms with van der Waals surface area (Å²) in [7, 11) is 0. The van der Waals surface area contributed by atoms with E-state index in [1.165, 1.54) is 21.6 Å². The van der Waals surface area contributed by atoms with E-state index >= 15 is 0 Å². The van der Waals surface area contributed by atoms with Crippen LogP contribution >= 0.6 is 11.6 Å².